The number of carbonyl (C=O) groups excluding carboxylic acids is 2. The van der Waals surface area contributed by atoms with Gasteiger partial charge in [-0.05, 0) is 55.2 Å². The number of aliphatic imine (C=N–C) groups is 1. The molecular weight excluding hydrogens is 447 g/mol. The molecule has 0 saturated heterocycles. The monoisotopic (exact) mass is 482 g/mol. The summed E-state index contributed by atoms with van der Waals surface area (Å²) >= 11 is 0. The average Bonchev–Trinajstić information content (AvgIpc) is 2.86. The van der Waals surface area contributed by atoms with Crippen LogP contribution in [0.3, 0.4) is 0 Å². The van der Waals surface area contributed by atoms with E-state index in [9.17, 15) is 14.0 Å². The Morgan fingerprint density at radius 3 is 2.46 bits per heavy atom. The molecule has 3 rings (SSSR count). The smallest absolute Gasteiger partial charge is 0.282 e. The van der Waals surface area contributed by atoms with Crippen LogP contribution in [0.25, 0.3) is 0 Å². The highest BCUT2D eigenvalue weighted by molar-refractivity contribution is 6.27. The van der Waals surface area contributed by atoms with Crippen LogP contribution in [-0.2, 0) is 25.5 Å². The van der Waals surface area contributed by atoms with E-state index in [1.165, 1.54) is 12.1 Å². The van der Waals surface area contributed by atoms with E-state index in [1.807, 2.05) is 12.2 Å². The van der Waals surface area contributed by atoms with Crippen LogP contribution < -0.4 is 5.32 Å². The predicted molar refractivity (Wildman–Crippen MR) is 135 cm³/mol. The number of rotatable bonds is 14. The lowest BCUT2D eigenvalue weighted by Gasteiger charge is -2.28. The molecule has 0 fully saturated rings. The molecule has 0 bridgehead atoms. The van der Waals surface area contributed by atoms with Crippen molar-refractivity contribution in [3.63, 3.8) is 0 Å². The summed E-state index contributed by atoms with van der Waals surface area (Å²) in [6, 6.07) is 6.11. The highest BCUT2D eigenvalue weighted by atomic mass is 19.1. The van der Waals surface area contributed by atoms with Crippen LogP contribution in [0, 0.1) is 5.82 Å². The Labute approximate surface area is 207 Å². The topological polar surface area (TPSA) is 77.0 Å². The molecule has 1 unspecified atom stereocenters. The lowest BCUT2D eigenvalue weighted by molar-refractivity contribution is -0.122. The minimum Gasteiger partial charge on any atom is -0.495 e. The van der Waals surface area contributed by atoms with E-state index in [4.69, 9.17) is 9.47 Å². The molecule has 1 aliphatic heterocycles. The zero-order chi connectivity index (χ0) is 25.0. The Morgan fingerprint density at radius 1 is 1.03 bits per heavy atom. The Balaban J connectivity index is 1.67. The van der Waals surface area contributed by atoms with Gasteiger partial charge in [0.1, 0.15) is 17.1 Å². The maximum atomic E-state index is 13.1. The Hall–Kier alpha value is -3.06. The Kier molecular flexibility index (Phi) is 10.4. The van der Waals surface area contributed by atoms with Gasteiger partial charge in [-0.3, -0.25) is 9.59 Å². The molecule has 1 atom stereocenters. The van der Waals surface area contributed by atoms with Crippen molar-refractivity contribution in [1.82, 2.24) is 5.32 Å². The molecule has 0 aromatic heterocycles. The second-order valence-corrected chi connectivity index (χ2v) is 8.70. The fourth-order valence-corrected chi connectivity index (χ4v) is 3.87. The molecule has 2 amide bonds. The average molecular weight is 483 g/mol. The van der Waals surface area contributed by atoms with Crippen LogP contribution in [0.15, 0.2) is 64.4 Å². The number of benzene rings is 1. The predicted octanol–water partition coefficient (Wildman–Crippen LogP) is 5.00. The third kappa shape index (κ3) is 7.72. The lowest BCUT2D eigenvalue weighted by Crippen LogP contribution is -2.37. The van der Waals surface area contributed by atoms with E-state index in [1.54, 1.807) is 18.2 Å². The van der Waals surface area contributed by atoms with E-state index in [0.717, 1.165) is 44.1 Å². The van der Waals surface area contributed by atoms with Crippen LogP contribution in [0.2, 0.25) is 0 Å². The summed E-state index contributed by atoms with van der Waals surface area (Å²) in [5, 5.41) is 2.76. The second-order valence-electron chi connectivity index (χ2n) is 8.70. The molecule has 6 nitrogen and oxygen atoms in total. The van der Waals surface area contributed by atoms with Gasteiger partial charge in [-0.15, -0.1) is 0 Å². The number of nitrogens with one attached hydrogen (secondary N) is 1. The molecular formula is C28H35FN2O4. The van der Waals surface area contributed by atoms with Gasteiger partial charge in [-0.1, -0.05) is 51.7 Å². The van der Waals surface area contributed by atoms with Crippen molar-refractivity contribution in [1.29, 1.82) is 0 Å². The quantitative estimate of drug-likeness (QED) is 0.299. The molecule has 7 heteroatoms. The standard InChI is InChI=1S/C28H35FN2O4/c1-3-5-7-17-34-24-14-11-21-19-23(27(32)30-16-15-20-9-12-22(29)13-10-20)28(33)31-25(21)26(24)35-18-8-6-4-2/h9-14,19,26H,3-8,15-18H2,1-2H3,(H,30,32). The van der Waals surface area contributed by atoms with Crippen LogP contribution in [0.5, 0.6) is 0 Å². The number of fused-ring (bicyclic) bond motifs is 1. The van der Waals surface area contributed by atoms with Gasteiger partial charge < -0.3 is 14.8 Å². The van der Waals surface area contributed by atoms with Crippen molar-refractivity contribution in [3.05, 3.63) is 70.8 Å². The summed E-state index contributed by atoms with van der Waals surface area (Å²) in [5.74, 6) is -0.729. The van der Waals surface area contributed by atoms with E-state index < -0.39 is 17.9 Å². The van der Waals surface area contributed by atoms with Crippen LogP contribution in [0.4, 0.5) is 4.39 Å². The van der Waals surface area contributed by atoms with Crippen LogP contribution >= 0.6 is 0 Å². The molecule has 1 aromatic rings. The van der Waals surface area contributed by atoms with Crippen molar-refractivity contribution in [2.75, 3.05) is 19.8 Å². The van der Waals surface area contributed by atoms with Crippen molar-refractivity contribution >= 4 is 17.5 Å². The summed E-state index contributed by atoms with van der Waals surface area (Å²) in [6.07, 6.45) is 11.4. The summed E-state index contributed by atoms with van der Waals surface area (Å²) in [5.41, 5.74) is 2.05. The van der Waals surface area contributed by atoms with Gasteiger partial charge in [0.25, 0.3) is 11.8 Å². The van der Waals surface area contributed by atoms with E-state index in [-0.39, 0.29) is 11.4 Å². The normalized spacial score (nSPS) is 17.1. The molecule has 1 N–H and O–H groups in total. The van der Waals surface area contributed by atoms with Crippen molar-refractivity contribution in [3.8, 4) is 0 Å². The number of hydrogen-bond acceptors (Lipinski definition) is 4. The molecule has 1 aliphatic carbocycles. The Morgan fingerprint density at radius 2 is 1.74 bits per heavy atom. The van der Waals surface area contributed by atoms with Gasteiger partial charge in [0.15, 0.2) is 6.10 Å². The highest BCUT2D eigenvalue weighted by Gasteiger charge is 2.33. The first kappa shape index (κ1) is 26.5. The number of ether oxygens (including phenoxy) is 2. The van der Waals surface area contributed by atoms with Gasteiger partial charge in [-0.25, -0.2) is 9.38 Å². The number of halogens is 1. The molecule has 2 aliphatic rings. The van der Waals surface area contributed by atoms with E-state index in [0.29, 0.717) is 43.2 Å². The maximum absolute atomic E-state index is 13.1. The van der Waals surface area contributed by atoms with Crippen molar-refractivity contribution < 1.29 is 23.5 Å². The van der Waals surface area contributed by atoms with Gasteiger partial charge in [0.2, 0.25) is 0 Å². The van der Waals surface area contributed by atoms with E-state index in [2.05, 4.69) is 24.2 Å². The summed E-state index contributed by atoms with van der Waals surface area (Å²) < 4.78 is 25.2. The molecule has 0 radical (unpaired) electrons. The summed E-state index contributed by atoms with van der Waals surface area (Å²) in [6.45, 7) is 5.71. The van der Waals surface area contributed by atoms with Gasteiger partial charge >= 0.3 is 0 Å². The minimum absolute atomic E-state index is 0.00967. The number of hydrogen-bond donors (Lipinski definition) is 1. The van der Waals surface area contributed by atoms with Crippen molar-refractivity contribution in [2.45, 2.75) is 64.9 Å². The van der Waals surface area contributed by atoms with Crippen LogP contribution in [-0.4, -0.2) is 43.4 Å². The molecule has 1 aromatic carbocycles. The number of dihydropyridines is 1. The largest absolute Gasteiger partial charge is 0.495 e. The van der Waals surface area contributed by atoms with Gasteiger partial charge in [0.05, 0.1) is 12.3 Å². The fraction of sp³-hybridized carbons (Fsp3) is 0.464. The summed E-state index contributed by atoms with van der Waals surface area (Å²) in [7, 11) is 0. The number of amides is 2. The number of unbranched alkanes of at least 4 members (excludes halogenated alkanes) is 4. The molecule has 1 heterocycles. The maximum Gasteiger partial charge on any atom is 0.282 e. The first-order valence-electron chi connectivity index (χ1n) is 12.6. The van der Waals surface area contributed by atoms with Crippen molar-refractivity contribution in [2.24, 2.45) is 4.99 Å². The molecule has 35 heavy (non-hydrogen) atoms. The zero-order valence-electron chi connectivity index (χ0n) is 20.6. The SMILES string of the molecule is CCCCCOC1=CC=C2C=C(C(=O)NCCc3ccc(F)cc3)C(=O)N=C2C1OCCCCC. The first-order valence-corrected chi connectivity index (χ1v) is 12.6. The van der Waals surface area contributed by atoms with Gasteiger partial charge in [-0.2, -0.15) is 0 Å². The molecule has 188 valence electrons. The van der Waals surface area contributed by atoms with E-state index >= 15 is 0 Å². The van der Waals surface area contributed by atoms with Crippen LogP contribution in [0.1, 0.15) is 57.9 Å². The second kappa shape index (κ2) is 13.7. The Bertz CT molecular complexity index is 1010. The number of carbonyl (C=O) groups is 2. The fourth-order valence-electron chi connectivity index (χ4n) is 3.87. The molecule has 0 spiro atoms. The number of nitrogens with zero attached hydrogens (tertiary/aromatic N) is 1. The first-order chi connectivity index (χ1) is 17.0. The minimum atomic E-state index is -0.592. The lowest BCUT2D eigenvalue weighted by atomic mass is 9.93. The zero-order valence-corrected chi connectivity index (χ0v) is 20.6. The molecule has 0 saturated carbocycles. The third-order valence-electron chi connectivity index (χ3n) is 5.89. The third-order valence-corrected chi connectivity index (χ3v) is 5.89. The number of allylic oxidation sites excluding steroid dienone is 3. The summed E-state index contributed by atoms with van der Waals surface area (Å²) in [4.78, 5) is 29.7. The highest BCUT2D eigenvalue weighted by Crippen LogP contribution is 2.27. The van der Waals surface area contributed by atoms with Gasteiger partial charge in [0, 0.05) is 18.7 Å².